The van der Waals surface area contributed by atoms with Crippen LogP contribution in [0.25, 0.3) is 11.4 Å². The maximum atomic E-state index is 13.7. The second-order valence-corrected chi connectivity index (χ2v) is 6.44. The highest BCUT2D eigenvalue weighted by molar-refractivity contribution is 6.30. The average molecular weight is 420 g/mol. The SMILES string of the molecule is CNC(=O)c1nc(-c2ccc(Cl)c(F)c2)nn1CC(=O)NCc1cccc(F)c1. The number of nitrogens with one attached hydrogen (secondary N) is 2. The van der Waals surface area contributed by atoms with Crippen molar-refractivity contribution in [3.05, 3.63) is 70.5 Å². The second kappa shape index (κ2) is 8.78. The molecule has 0 aliphatic heterocycles. The number of aromatic nitrogens is 3. The molecule has 2 aromatic carbocycles. The van der Waals surface area contributed by atoms with Gasteiger partial charge in [-0.05, 0) is 35.9 Å². The van der Waals surface area contributed by atoms with Crippen LogP contribution in [0.15, 0.2) is 42.5 Å². The Labute approximate surface area is 169 Å². The Bertz CT molecular complexity index is 1070. The summed E-state index contributed by atoms with van der Waals surface area (Å²) >= 11 is 5.68. The number of nitrogens with zero attached hydrogens (tertiary/aromatic N) is 3. The highest BCUT2D eigenvalue weighted by Gasteiger charge is 2.20. The van der Waals surface area contributed by atoms with Gasteiger partial charge in [-0.3, -0.25) is 9.59 Å². The summed E-state index contributed by atoms with van der Waals surface area (Å²) in [5.74, 6) is -2.13. The van der Waals surface area contributed by atoms with Gasteiger partial charge in [-0.25, -0.2) is 18.4 Å². The second-order valence-electron chi connectivity index (χ2n) is 6.03. The van der Waals surface area contributed by atoms with Crippen molar-refractivity contribution in [2.75, 3.05) is 7.05 Å². The lowest BCUT2D eigenvalue weighted by Gasteiger charge is -2.07. The van der Waals surface area contributed by atoms with Gasteiger partial charge >= 0.3 is 0 Å². The van der Waals surface area contributed by atoms with Crippen molar-refractivity contribution >= 4 is 23.4 Å². The van der Waals surface area contributed by atoms with Crippen LogP contribution in [-0.4, -0.2) is 33.6 Å². The van der Waals surface area contributed by atoms with Crippen LogP contribution in [0.2, 0.25) is 5.02 Å². The van der Waals surface area contributed by atoms with Crippen molar-refractivity contribution in [1.29, 1.82) is 0 Å². The molecular weight excluding hydrogens is 404 g/mol. The van der Waals surface area contributed by atoms with Crippen LogP contribution >= 0.6 is 11.6 Å². The van der Waals surface area contributed by atoms with Crippen molar-refractivity contribution < 1.29 is 18.4 Å². The van der Waals surface area contributed by atoms with Crippen molar-refractivity contribution in [3.63, 3.8) is 0 Å². The molecule has 0 saturated carbocycles. The monoisotopic (exact) mass is 419 g/mol. The zero-order chi connectivity index (χ0) is 21.0. The van der Waals surface area contributed by atoms with Crippen LogP contribution in [0.3, 0.4) is 0 Å². The van der Waals surface area contributed by atoms with Gasteiger partial charge in [-0.2, -0.15) is 0 Å². The number of halogens is 3. The van der Waals surface area contributed by atoms with Gasteiger partial charge < -0.3 is 10.6 Å². The van der Waals surface area contributed by atoms with Crippen molar-refractivity contribution in [3.8, 4) is 11.4 Å². The molecule has 1 heterocycles. The smallest absolute Gasteiger partial charge is 0.288 e. The molecular formula is C19H16ClF2N5O2. The summed E-state index contributed by atoms with van der Waals surface area (Å²) in [6.45, 7) is -0.197. The van der Waals surface area contributed by atoms with Crippen LogP contribution in [0.5, 0.6) is 0 Å². The molecule has 0 unspecified atom stereocenters. The van der Waals surface area contributed by atoms with Crippen LogP contribution in [0, 0.1) is 11.6 Å². The Balaban J connectivity index is 1.79. The maximum Gasteiger partial charge on any atom is 0.288 e. The van der Waals surface area contributed by atoms with Gasteiger partial charge in [-0.15, -0.1) is 5.10 Å². The lowest BCUT2D eigenvalue weighted by atomic mass is 10.2. The van der Waals surface area contributed by atoms with Crippen LogP contribution < -0.4 is 10.6 Å². The number of carbonyl (C=O) groups is 2. The standard InChI is InChI=1S/C19H16ClF2N5O2/c1-23-19(29)18-25-17(12-5-6-14(20)15(22)8-12)26-27(18)10-16(28)24-9-11-3-2-4-13(21)7-11/h2-8H,9-10H2,1H3,(H,23,29)(H,24,28). The molecule has 0 spiro atoms. The Morgan fingerprint density at radius 2 is 1.97 bits per heavy atom. The molecule has 0 atom stereocenters. The molecule has 1 aromatic heterocycles. The summed E-state index contributed by atoms with van der Waals surface area (Å²) in [7, 11) is 1.41. The quantitative estimate of drug-likeness (QED) is 0.642. The van der Waals surface area contributed by atoms with Crippen molar-refractivity contribution in [2.24, 2.45) is 0 Å². The van der Waals surface area contributed by atoms with Gasteiger partial charge in [0.15, 0.2) is 5.82 Å². The minimum atomic E-state index is -0.658. The van der Waals surface area contributed by atoms with E-state index in [-0.39, 0.29) is 29.8 Å². The zero-order valence-corrected chi connectivity index (χ0v) is 16.0. The lowest BCUT2D eigenvalue weighted by molar-refractivity contribution is -0.122. The van der Waals surface area contributed by atoms with E-state index >= 15 is 0 Å². The number of hydrogen-bond donors (Lipinski definition) is 2. The zero-order valence-electron chi connectivity index (χ0n) is 15.2. The number of amides is 2. The van der Waals surface area contributed by atoms with Crippen LogP contribution in [0.4, 0.5) is 8.78 Å². The summed E-state index contributed by atoms with van der Waals surface area (Å²) in [4.78, 5) is 28.5. The number of carbonyl (C=O) groups excluding carboxylic acids is 2. The topological polar surface area (TPSA) is 88.9 Å². The number of hydrogen-bond acceptors (Lipinski definition) is 4. The largest absolute Gasteiger partial charge is 0.352 e. The predicted octanol–water partition coefficient (Wildman–Crippen LogP) is 2.55. The van der Waals surface area contributed by atoms with Crippen LogP contribution in [0.1, 0.15) is 16.2 Å². The third kappa shape index (κ3) is 4.94. The van der Waals surface area contributed by atoms with E-state index < -0.39 is 23.4 Å². The predicted molar refractivity (Wildman–Crippen MR) is 102 cm³/mol. The van der Waals surface area contributed by atoms with E-state index in [0.717, 1.165) is 10.7 Å². The molecule has 0 saturated heterocycles. The van der Waals surface area contributed by atoms with E-state index in [2.05, 4.69) is 20.7 Å². The van der Waals surface area contributed by atoms with E-state index in [9.17, 15) is 18.4 Å². The van der Waals surface area contributed by atoms with Gasteiger partial charge in [0.05, 0.1) is 5.02 Å². The first-order chi connectivity index (χ1) is 13.9. The molecule has 3 aromatic rings. The summed E-state index contributed by atoms with van der Waals surface area (Å²) in [5, 5.41) is 9.12. The van der Waals surface area contributed by atoms with Crippen molar-refractivity contribution in [2.45, 2.75) is 13.1 Å². The third-order valence-electron chi connectivity index (χ3n) is 3.95. The van der Waals surface area contributed by atoms with Crippen molar-refractivity contribution in [1.82, 2.24) is 25.4 Å². The highest BCUT2D eigenvalue weighted by Crippen LogP contribution is 2.22. The van der Waals surface area contributed by atoms with Gasteiger partial charge in [0.2, 0.25) is 11.7 Å². The van der Waals surface area contributed by atoms with Crippen LogP contribution in [-0.2, 0) is 17.9 Å². The minimum Gasteiger partial charge on any atom is -0.352 e. The summed E-state index contributed by atoms with van der Waals surface area (Å²) in [5.41, 5.74) is 0.886. The molecule has 7 nitrogen and oxygen atoms in total. The molecule has 0 aliphatic rings. The Morgan fingerprint density at radius 3 is 2.66 bits per heavy atom. The molecule has 0 bridgehead atoms. The summed E-state index contributed by atoms with van der Waals surface area (Å²) < 4.78 is 28.1. The van der Waals surface area contributed by atoms with E-state index in [4.69, 9.17) is 11.6 Å². The normalized spacial score (nSPS) is 10.6. The minimum absolute atomic E-state index is 0.0589. The average Bonchev–Trinajstić information content (AvgIpc) is 3.11. The highest BCUT2D eigenvalue weighted by atomic mass is 35.5. The summed E-state index contributed by atoms with van der Waals surface area (Å²) in [6, 6.07) is 9.80. The first-order valence-electron chi connectivity index (χ1n) is 8.51. The fraction of sp³-hybridized carbons (Fsp3) is 0.158. The maximum absolute atomic E-state index is 13.7. The molecule has 3 rings (SSSR count). The van der Waals surface area contributed by atoms with Gasteiger partial charge in [-0.1, -0.05) is 23.7 Å². The fourth-order valence-electron chi connectivity index (χ4n) is 2.53. The number of rotatable bonds is 6. The first-order valence-corrected chi connectivity index (χ1v) is 8.88. The lowest BCUT2D eigenvalue weighted by Crippen LogP contribution is -2.30. The van der Waals surface area contributed by atoms with Gasteiger partial charge in [0.1, 0.15) is 18.2 Å². The molecule has 2 N–H and O–H groups in total. The van der Waals surface area contributed by atoms with Gasteiger partial charge in [0.25, 0.3) is 5.91 Å². The molecule has 2 amide bonds. The van der Waals surface area contributed by atoms with Gasteiger partial charge in [0, 0.05) is 19.2 Å². The molecule has 10 heteroatoms. The molecule has 0 fully saturated rings. The number of benzene rings is 2. The molecule has 0 aliphatic carbocycles. The van der Waals surface area contributed by atoms with E-state index in [0.29, 0.717) is 11.1 Å². The molecule has 150 valence electrons. The van der Waals surface area contributed by atoms with E-state index in [1.54, 1.807) is 6.07 Å². The summed E-state index contributed by atoms with van der Waals surface area (Å²) in [6.07, 6.45) is 0. The molecule has 0 radical (unpaired) electrons. The fourth-order valence-corrected chi connectivity index (χ4v) is 2.65. The first kappa shape index (κ1) is 20.4. The Kier molecular flexibility index (Phi) is 6.18. The Morgan fingerprint density at radius 1 is 1.17 bits per heavy atom. The molecule has 29 heavy (non-hydrogen) atoms. The van der Waals surface area contributed by atoms with E-state index in [1.807, 2.05) is 0 Å². The third-order valence-corrected chi connectivity index (χ3v) is 4.26. The van der Waals surface area contributed by atoms with E-state index in [1.165, 1.54) is 37.4 Å². The Hall–Kier alpha value is -3.33.